The number of alkyl halides is 3. The van der Waals surface area contributed by atoms with Crippen molar-refractivity contribution in [2.24, 2.45) is 0 Å². The number of phenols is 1. The van der Waals surface area contributed by atoms with Gasteiger partial charge in [-0.1, -0.05) is 32.4 Å². The van der Waals surface area contributed by atoms with Crippen molar-refractivity contribution >= 4 is 11.3 Å². The van der Waals surface area contributed by atoms with Crippen LogP contribution in [0.5, 0.6) is 5.75 Å². The summed E-state index contributed by atoms with van der Waals surface area (Å²) in [4.78, 5) is 5.57. The molecule has 0 saturated carbocycles. The van der Waals surface area contributed by atoms with Crippen LogP contribution < -0.4 is 0 Å². The predicted molar refractivity (Wildman–Crippen MR) is 83.4 cm³/mol. The summed E-state index contributed by atoms with van der Waals surface area (Å²) in [6, 6.07) is 3.37. The molecule has 0 amide bonds. The summed E-state index contributed by atoms with van der Waals surface area (Å²) in [6.07, 6.45) is -2.50. The summed E-state index contributed by atoms with van der Waals surface area (Å²) in [5.41, 5.74) is -0.242. The van der Waals surface area contributed by atoms with Crippen molar-refractivity contribution in [2.75, 3.05) is 0 Å². The molecule has 0 saturated heterocycles. The molecule has 0 aliphatic rings. The molecule has 0 spiro atoms. The number of rotatable bonds is 0. The second-order valence-corrected chi connectivity index (χ2v) is 7.25. The topological polar surface area (TPSA) is 33.1 Å². The average Bonchev–Trinajstić information content (AvgIpc) is 2.78. The van der Waals surface area contributed by atoms with Gasteiger partial charge >= 0.3 is 6.18 Å². The Kier molecular flexibility index (Phi) is 5.62. The molecule has 22 heavy (non-hydrogen) atoms. The first-order valence-corrected chi connectivity index (χ1v) is 7.52. The fraction of sp³-hybridized carbons (Fsp3) is 0.438. The van der Waals surface area contributed by atoms with Gasteiger partial charge in [0.15, 0.2) is 0 Å². The van der Waals surface area contributed by atoms with Crippen molar-refractivity contribution in [3.8, 4) is 5.75 Å². The first-order chi connectivity index (χ1) is 9.91. The minimum absolute atomic E-state index is 0.270. The van der Waals surface area contributed by atoms with Crippen LogP contribution in [0.2, 0.25) is 0 Å². The highest BCUT2D eigenvalue weighted by Gasteiger charge is 2.33. The number of aryl methyl sites for hydroxylation is 2. The molecule has 0 unspecified atom stereocenters. The molecular weight excluding hydrogens is 311 g/mol. The molecule has 0 aliphatic carbocycles. The van der Waals surface area contributed by atoms with Gasteiger partial charge < -0.3 is 5.11 Å². The molecular formula is C16H20F3NOS. The van der Waals surface area contributed by atoms with Crippen molar-refractivity contribution in [1.82, 2.24) is 4.98 Å². The summed E-state index contributed by atoms with van der Waals surface area (Å²) < 4.78 is 36.2. The lowest BCUT2D eigenvalue weighted by Gasteiger charge is -2.14. The fourth-order valence-corrected chi connectivity index (χ4v) is 2.42. The minimum Gasteiger partial charge on any atom is -0.507 e. The molecule has 2 nitrogen and oxygen atoms in total. The van der Waals surface area contributed by atoms with E-state index in [4.69, 9.17) is 5.11 Å². The van der Waals surface area contributed by atoms with E-state index in [0.717, 1.165) is 17.1 Å². The van der Waals surface area contributed by atoms with Gasteiger partial charge in [0.2, 0.25) is 0 Å². The zero-order valence-corrected chi connectivity index (χ0v) is 14.1. The van der Waals surface area contributed by atoms with Gasteiger partial charge in [0.1, 0.15) is 5.75 Å². The fourth-order valence-electron chi connectivity index (χ4n) is 1.59. The molecule has 0 radical (unpaired) electrons. The van der Waals surface area contributed by atoms with Crippen molar-refractivity contribution in [2.45, 2.75) is 46.2 Å². The Labute approximate surface area is 132 Å². The zero-order chi connectivity index (χ0) is 17.1. The standard InChI is InChI=1S/C8H7F3O.C8H13NS/c1-5-2-3-7(12)6(4-5)8(9,10)11;1-6-9-5-7(10-6)8(2,3)4/h2-4,12H,1H3;5H,1-4H3. The van der Waals surface area contributed by atoms with Gasteiger partial charge in [0, 0.05) is 11.1 Å². The normalized spacial score (nSPS) is 11.8. The first kappa shape index (κ1) is 18.5. The van der Waals surface area contributed by atoms with Gasteiger partial charge in [-0.05, 0) is 31.4 Å². The molecule has 1 heterocycles. The highest BCUT2D eigenvalue weighted by atomic mass is 32.1. The van der Waals surface area contributed by atoms with E-state index >= 15 is 0 Å². The van der Waals surface area contributed by atoms with E-state index in [1.807, 2.05) is 13.1 Å². The van der Waals surface area contributed by atoms with Gasteiger partial charge in [-0.3, -0.25) is 0 Å². The van der Waals surface area contributed by atoms with Gasteiger partial charge in [-0.15, -0.1) is 11.3 Å². The number of hydrogen-bond acceptors (Lipinski definition) is 3. The third-order valence-electron chi connectivity index (χ3n) is 2.82. The minimum atomic E-state index is -4.48. The third kappa shape index (κ3) is 5.33. The highest BCUT2D eigenvalue weighted by Crippen LogP contribution is 2.35. The van der Waals surface area contributed by atoms with E-state index in [1.165, 1.54) is 17.9 Å². The van der Waals surface area contributed by atoms with E-state index in [9.17, 15) is 13.2 Å². The Balaban J connectivity index is 0.000000224. The Bertz CT molecular complexity index is 627. The van der Waals surface area contributed by atoms with E-state index in [1.54, 1.807) is 11.3 Å². The number of halogens is 3. The Morgan fingerprint density at radius 2 is 1.68 bits per heavy atom. The number of phenolic OH excluding ortho intramolecular Hbond substituents is 1. The highest BCUT2D eigenvalue weighted by molar-refractivity contribution is 7.11. The van der Waals surface area contributed by atoms with E-state index in [2.05, 4.69) is 25.8 Å². The van der Waals surface area contributed by atoms with Gasteiger partial charge in [-0.2, -0.15) is 13.2 Å². The quantitative estimate of drug-likeness (QED) is 0.694. The zero-order valence-electron chi connectivity index (χ0n) is 13.2. The van der Waals surface area contributed by atoms with Crippen LogP contribution in [-0.4, -0.2) is 10.1 Å². The van der Waals surface area contributed by atoms with Crippen LogP contribution >= 0.6 is 11.3 Å². The van der Waals surface area contributed by atoms with Gasteiger partial charge in [0.05, 0.1) is 10.6 Å². The van der Waals surface area contributed by atoms with Crippen LogP contribution in [0.3, 0.4) is 0 Å². The molecule has 122 valence electrons. The predicted octanol–water partition coefficient (Wildman–Crippen LogP) is 5.47. The summed E-state index contributed by atoms with van der Waals surface area (Å²) >= 11 is 1.78. The SMILES string of the molecule is Cc1ccc(O)c(C(F)(F)F)c1.Cc1ncc(C(C)(C)C)s1. The van der Waals surface area contributed by atoms with Gasteiger partial charge in [0.25, 0.3) is 0 Å². The molecule has 2 rings (SSSR count). The molecule has 1 N–H and O–H groups in total. The lowest BCUT2D eigenvalue weighted by Crippen LogP contribution is -2.07. The number of nitrogens with zero attached hydrogens (tertiary/aromatic N) is 1. The Morgan fingerprint density at radius 1 is 1.09 bits per heavy atom. The molecule has 6 heteroatoms. The van der Waals surface area contributed by atoms with Crippen molar-refractivity contribution in [1.29, 1.82) is 0 Å². The van der Waals surface area contributed by atoms with Crippen molar-refractivity contribution < 1.29 is 18.3 Å². The van der Waals surface area contributed by atoms with Crippen LogP contribution in [0, 0.1) is 13.8 Å². The number of thiazole rings is 1. The Morgan fingerprint density at radius 3 is 2.00 bits per heavy atom. The monoisotopic (exact) mass is 331 g/mol. The summed E-state index contributed by atoms with van der Waals surface area (Å²) in [5, 5.41) is 10.0. The Hall–Kier alpha value is -1.56. The van der Waals surface area contributed by atoms with Crippen LogP contribution in [-0.2, 0) is 11.6 Å². The second kappa shape index (κ2) is 6.69. The van der Waals surface area contributed by atoms with Crippen LogP contribution in [0.15, 0.2) is 24.4 Å². The molecule has 1 aromatic carbocycles. The van der Waals surface area contributed by atoms with Crippen LogP contribution in [0.25, 0.3) is 0 Å². The molecule has 0 aliphatic heterocycles. The number of aromatic nitrogens is 1. The largest absolute Gasteiger partial charge is 0.507 e. The van der Waals surface area contributed by atoms with E-state index in [0.29, 0.717) is 5.56 Å². The smallest absolute Gasteiger partial charge is 0.419 e. The molecule has 1 aromatic heterocycles. The summed E-state index contributed by atoms with van der Waals surface area (Å²) in [6.45, 7) is 10.2. The van der Waals surface area contributed by atoms with Crippen LogP contribution in [0.4, 0.5) is 13.2 Å². The third-order valence-corrected chi connectivity index (χ3v) is 4.16. The first-order valence-electron chi connectivity index (χ1n) is 6.71. The van der Waals surface area contributed by atoms with Crippen molar-refractivity contribution in [3.05, 3.63) is 45.4 Å². The molecule has 0 atom stereocenters. The van der Waals surface area contributed by atoms with Crippen LogP contribution in [0.1, 0.15) is 41.8 Å². The molecule has 0 fully saturated rings. The average molecular weight is 331 g/mol. The van der Waals surface area contributed by atoms with Crippen molar-refractivity contribution in [3.63, 3.8) is 0 Å². The molecule has 0 bridgehead atoms. The number of hydrogen-bond donors (Lipinski definition) is 1. The maximum atomic E-state index is 12.1. The lowest BCUT2D eigenvalue weighted by molar-refractivity contribution is -0.138. The number of benzene rings is 1. The van der Waals surface area contributed by atoms with E-state index < -0.39 is 17.5 Å². The molecule has 2 aromatic rings. The number of aromatic hydroxyl groups is 1. The van der Waals surface area contributed by atoms with Gasteiger partial charge in [-0.25, -0.2) is 4.98 Å². The second-order valence-electron chi connectivity index (χ2n) is 6.01. The maximum absolute atomic E-state index is 12.1. The lowest BCUT2D eigenvalue weighted by atomic mass is 9.96. The van der Waals surface area contributed by atoms with E-state index in [-0.39, 0.29) is 5.41 Å². The summed E-state index contributed by atoms with van der Waals surface area (Å²) in [5.74, 6) is -0.729. The summed E-state index contributed by atoms with van der Waals surface area (Å²) in [7, 11) is 0. The maximum Gasteiger partial charge on any atom is 0.419 e.